The van der Waals surface area contributed by atoms with Gasteiger partial charge in [0.25, 0.3) is 0 Å². The largest absolute Gasteiger partial charge is 0.467 e. The Kier molecular flexibility index (Phi) is 5.53. The Bertz CT molecular complexity index is 937. The number of hydrogen-bond acceptors (Lipinski definition) is 5. The Balaban J connectivity index is 1.47. The predicted molar refractivity (Wildman–Crippen MR) is 107 cm³/mol. The van der Waals surface area contributed by atoms with Gasteiger partial charge in [-0.25, -0.2) is 4.98 Å². The van der Waals surface area contributed by atoms with Gasteiger partial charge in [-0.2, -0.15) is 0 Å². The van der Waals surface area contributed by atoms with Crippen molar-refractivity contribution in [1.82, 2.24) is 9.88 Å². The first-order valence-corrected chi connectivity index (χ1v) is 10.2. The average Bonchev–Trinajstić information content (AvgIpc) is 3.44. The van der Waals surface area contributed by atoms with Gasteiger partial charge in [-0.1, -0.05) is 30.3 Å². The van der Waals surface area contributed by atoms with Crippen LogP contribution in [-0.2, 0) is 29.1 Å². The van der Waals surface area contributed by atoms with Crippen molar-refractivity contribution >= 4 is 28.3 Å². The minimum Gasteiger partial charge on any atom is -0.467 e. The summed E-state index contributed by atoms with van der Waals surface area (Å²) in [5.41, 5.74) is 1.76. The van der Waals surface area contributed by atoms with E-state index in [9.17, 15) is 9.59 Å². The number of thiazole rings is 1. The number of benzene rings is 1. The molecule has 1 fully saturated rings. The molecule has 3 heterocycles. The Labute approximate surface area is 167 Å². The van der Waals surface area contributed by atoms with Gasteiger partial charge < -0.3 is 9.32 Å². The molecule has 0 saturated carbocycles. The molecular weight excluding hydrogens is 374 g/mol. The lowest BCUT2D eigenvalue weighted by Crippen LogP contribution is -2.31. The molecule has 4 rings (SSSR count). The third-order valence-corrected chi connectivity index (χ3v) is 5.58. The summed E-state index contributed by atoms with van der Waals surface area (Å²) in [7, 11) is 0. The number of rotatable bonds is 7. The number of carbonyl (C=O) groups excluding carboxylic acids is 2. The molecule has 0 aliphatic carbocycles. The molecule has 2 aromatic heterocycles. The van der Waals surface area contributed by atoms with Crippen molar-refractivity contribution in [2.45, 2.75) is 32.4 Å². The molecule has 0 bridgehead atoms. The second-order valence-corrected chi connectivity index (χ2v) is 7.60. The van der Waals surface area contributed by atoms with Gasteiger partial charge in [-0.3, -0.25) is 14.5 Å². The van der Waals surface area contributed by atoms with E-state index >= 15 is 0 Å². The number of anilines is 1. The summed E-state index contributed by atoms with van der Waals surface area (Å²) in [5.74, 6) is 0.825. The summed E-state index contributed by atoms with van der Waals surface area (Å²) < 4.78 is 5.43. The fourth-order valence-corrected chi connectivity index (χ4v) is 4.11. The molecule has 3 aromatic rings. The summed E-state index contributed by atoms with van der Waals surface area (Å²) in [4.78, 5) is 32.9. The van der Waals surface area contributed by atoms with Gasteiger partial charge in [0.15, 0.2) is 5.13 Å². The van der Waals surface area contributed by atoms with E-state index in [0.717, 1.165) is 17.7 Å². The van der Waals surface area contributed by atoms with Crippen molar-refractivity contribution in [3.8, 4) is 0 Å². The highest BCUT2D eigenvalue weighted by molar-refractivity contribution is 7.14. The Morgan fingerprint density at radius 3 is 2.75 bits per heavy atom. The molecule has 144 valence electrons. The molecule has 1 aliphatic heterocycles. The molecule has 0 N–H and O–H groups in total. The molecule has 1 aliphatic rings. The number of hydrogen-bond donors (Lipinski definition) is 0. The fourth-order valence-electron chi connectivity index (χ4n) is 3.25. The van der Waals surface area contributed by atoms with Crippen LogP contribution in [0.15, 0.2) is 58.5 Å². The number of nitrogens with zero attached hydrogens (tertiary/aromatic N) is 3. The van der Waals surface area contributed by atoms with Crippen LogP contribution in [-0.4, -0.2) is 28.2 Å². The van der Waals surface area contributed by atoms with Gasteiger partial charge in [-0.05, 0) is 24.1 Å². The number of carbonyl (C=O) groups is 2. The number of furan rings is 1. The van der Waals surface area contributed by atoms with Crippen LogP contribution < -0.4 is 4.90 Å². The van der Waals surface area contributed by atoms with E-state index in [1.54, 1.807) is 16.1 Å². The van der Waals surface area contributed by atoms with Crippen molar-refractivity contribution in [1.29, 1.82) is 0 Å². The van der Waals surface area contributed by atoms with Gasteiger partial charge in [0.05, 0.1) is 24.9 Å². The van der Waals surface area contributed by atoms with Crippen LogP contribution in [0, 0.1) is 0 Å². The van der Waals surface area contributed by atoms with Crippen molar-refractivity contribution in [3.63, 3.8) is 0 Å². The highest BCUT2D eigenvalue weighted by Gasteiger charge is 2.25. The molecular formula is C21H21N3O3S. The van der Waals surface area contributed by atoms with Gasteiger partial charge in [0.1, 0.15) is 5.76 Å². The number of aromatic nitrogens is 1. The Morgan fingerprint density at radius 2 is 2.04 bits per heavy atom. The van der Waals surface area contributed by atoms with Gasteiger partial charge in [0, 0.05) is 24.9 Å². The quantitative estimate of drug-likeness (QED) is 0.613. The fraction of sp³-hybridized carbons (Fsp3) is 0.286. The predicted octanol–water partition coefficient (Wildman–Crippen LogP) is 3.63. The van der Waals surface area contributed by atoms with E-state index in [2.05, 4.69) is 4.98 Å². The first-order valence-electron chi connectivity index (χ1n) is 9.28. The van der Waals surface area contributed by atoms with Crippen LogP contribution >= 0.6 is 11.3 Å². The highest BCUT2D eigenvalue weighted by Crippen LogP contribution is 2.25. The molecule has 0 spiro atoms. The van der Waals surface area contributed by atoms with Crippen LogP contribution in [0.1, 0.15) is 29.9 Å². The first-order chi connectivity index (χ1) is 13.7. The Morgan fingerprint density at radius 1 is 1.18 bits per heavy atom. The summed E-state index contributed by atoms with van der Waals surface area (Å²) in [6, 6.07) is 13.6. The summed E-state index contributed by atoms with van der Waals surface area (Å²) in [6.07, 6.45) is 3.24. The maximum Gasteiger partial charge on any atom is 0.229 e. The zero-order valence-electron chi connectivity index (χ0n) is 15.4. The van der Waals surface area contributed by atoms with E-state index in [1.807, 2.05) is 47.8 Å². The second-order valence-electron chi connectivity index (χ2n) is 6.76. The molecule has 2 amide bonds. The maximum atomic E-state index is 13.0. The molecule has 1 aromatic carbocycles. The van der Waals surface area contributed by atoms with Crippen molar-refractivity contribution in [2.24, 2.45) is 0 Å². The lowest BCUT2D eigenvalue weighted by molar-refractivity contribution is -0.132. The second kappa shape index (κ2) is 8.39. The van der Waals surface area contributed by atoms with E-state index in [-0.39, 0.29) is 18.2 Å². The van der Waals surface area contributed by atoms with Gasteiger partial charge >= 0.3 is 0 Å². The monoisotopic (exact) mass is 395 g/mol. The zero-order chi connectivity index (χ0) is 19.3. The topological polar surface area (TPSA) is 66.7 Å². The molecule has 0 atom stereocenters. The average molecular weight is 395 g/mol. The van der Waals surface area contributed by atoms with Crippen molar-refractivity contribution in [2.75, 3.05) is 11.4 Å². The number of amides is 2. The summed E-state index contributed by atoms with van der Waals surface area (Å²) in [5, 5.41) is 2.55. The highest BCUT2D eigenvalue weighted by atomic mass is 32.1. The van der Waals surface area contributed by atoms with Crippen LogP contribution in [0.25, 0.3) is 0 Å². The molecule has 7 heteroatoms. The van der Waals surface area contributed by atoms with Crippen LogP contribution in [0.4, 0.5) is 5.13 Å². The maximum absolute atomic E-state index is 13.0. The molecule has 6 nitrogen and oxygen atoms in total. The Hall–Kier alpha value is -2.93. The van der Waals surface area contributed by atoms with Crippen LogP contribution in [0.2, 0.25) is 0 Å². The summed E-state index contributed by atoms with van der Waals surface area (Å²) >= 11 is 1.42. The first kappa shape index (κ1) is 18.4. The van der Waals surface area contributed by atoms with E-state index in [1.165, 1.54) is 11.3 Å². The SMILES string of the molecule is O=C(Cc1csc(N2CCCC2=O)n1)N(Cc1ccccc1)Cc1ccco1. The molecule has 1 saturated heterocycles. The van der Waals surface area contributed by atoms with Gasteiger partial charge in [-0.15, -0.1) is 11.3 Å². The molecule has 28 heavy (non-hydrogen) atoms. The minimum atomic E-state index is -0.0233. The van der Waals surface area contributed by atoms with E-state index in [4.69, 9.17) is 4.42 Å². The van der Waals surface area contributed by atoms with Crippen LogP contribution in [0.5, 0.6) is 0 Å². The normalized spacial score (nSPS) is 13.9. The van der Waals surface area contributed by atoms with Gasteiger partial charge in [0.2, 0.25) is 11.8 Å². The van der Waals surface area contributed by atoms with Crippen molar-refractivity contribution < 1.29 is 14.0 Å². The lowest BCUT2D eigenvalue weighted by atomic mass is 10.2. The third kappa shape index (κ3) is 4.31. The molecule has 0 radical (unpaired) electrons. The van der Waals surface area contributed by atoms with Crippen LogP contribution in [0.3, 0.4) is 0 Å². The third-order valence-electron chi connectivity index (χ3n) is 4.67. The molecule has 0 unspecified atom stereocenters. The van der Waals surface area contributed by atoms with E-state index in [0.29, 0.717) is 36.9 Å². The summed E-state index contributed by atoms with van der Waals surface area (Å²) in [6.45, 7) is 1.61. The van der Waals surface area contributed by atoms with E-state index < -0.39 is 0 Å². The lowest BCUT2D eigenvalue weighted by Gasteiger charge is -2.21. The standard InChI is InChI=1S/C21H21N3O3S/c25-19-9-4-10-24(19)21-22-17(15-28-21)12-20(26)23(14-18-8-5-11-27-18)13-16-6-2-1-3-7-16/h1-3,5-8,11,15H,4,9-10,12-14H2. The zero-order valence-corrected chi connectivity index (χ0v) is 16.2. The van der Waals surface area contributed by atoms with Crippen molar-refractivity contribution in [3.05, 3.63) is 71.1 Å². The minimum absolute atomic E-state index is 0.0233. The smallest absolute Gasteiger partial charge is 0.229 e.